The van der Waals surface area contributed by atoms with Gasteiger partial charge in [-0.05, 0) is 29.5 Å². The van der Waals surface area contributed by atoms with Crippen LogP contribution in [0.2, 0.25) is 0 Å². The van der Waals surface area contributed by atoms with Crippen LogP contribution in [0.5, 0.6) is 5.75 Å². The Morgan fingerprint density at radius 2 is 2.09 bits per heavy atom. The summed E-state index contributed by atoms with van der Waals surface area (Å²) in [4.78, 5) is 11.9. The minimum atomic E-state index is -0.514. The van der Waals surface area contributed by atoms with Gasteiger partial charge < -0.3 is 10.1 Å². The number of rotatable bonds is 5. The zero-order valence-corrected chi connectivity index (χ0v) is 11.9. The molecule has 0 unspecified atom stereocenters. The van der Waals surface area contributed by atoms with Gasteiger partial charge in [0.05, 0.1) is 0 Å². The van der Waals surface area contributed by atoms with Crippen molar-refractivity contribution in [3.8, 4) is 17.1 Å². The number of nitrogens with zero attached hydrogens (tertiary/aromatic N) is 3. The molecule has 1 amide bonds. The van der Waals surface area contributed by atoms with Gasteiger partial charge in [-0.15, -0.1) is 10.2 Å². The normalized spacial score (nSPS) is 10.3. The van der Waals surface area contributed by atoms with Gasteiger partial charge in [0, 0.05) is 11.3 Å². The number of carbonyl (C=O) groups is 1. The lowest BCUT2D eigenvalue weighted by atomic mass is 10.2. The molecule has 7 nitrogen and oxygen atoms in total. The van der Waals surface area contributed by atoms with Gasteiger partial charge in [0.25, 0.3) is 5.91 Å². The standard InChI is InChI=1S/C15H12FN5O2/c16-12-6-1-2-7-13(12)23-9-14(22)17-11-5-3-4-10(8-11)15-18-20-21-19-15/h1-8H,9H2,(H,17,22)(H,18,19,20,21). The van der Waals surface area contributed by atoms with Crippen molar-refractivity contribution in [2.45, 2.75) is 0 Å². The smallest absolute Gasteiger partial charge is 0.262 e. The maximum Gasteiger partial charge on any atom is 0.262 e. The molecular weight excluding hydrogens is 301 g/mol. The van der Waals surface area contributed by atoms with Gasteiger partial charge in [0.2, 0.25) is 5.82 Å². The molecule has 0 fully saturated rings. The van der Waals surface area contributed by atoms with Crippen LogP contribution in [-0.2, 0) is 4.79 Å². The number of hydrogen-bond acceptors (Lipinski definition) is 5. The fourth-order valence-electron chi connectivity index (χ4n) is 1.92. The average molecular weight is 313 g/mol. The molecule has 0 spiro atoms. The maximum atomic E-state index is 13.4. The zero-order valence-electron chi connectivity index (χ0n) is 11.9. The molecule has 0 aliphatic carbocycles. The Kier molecular flexibility index (Phi) is 4.23. The Hall–Kier alpha value is -3.29. The quantitative estimate of drug-likeness (QED) is 0.752. The number of anilines is 1. The van der Waals surface area contributed by atoms with E-state index < -0.39 is 11.7 Å². The van der Waals surface area contributed by atoms with Crippen LogP contribution < -0.4 is 10.1 Å². The number of halogens is 1. The average Bonchev–Trinajstić information content (AvgIpc) is 3.09. The Morgan fingerprint density at radius 3 is 2.87 bits per heavy atom. The molecule has 0 aliphatic rings. The van der Waals surface area contributed by atoms with E-state index in [4.69, 9.17) is 4.74 Å². The fourth-order valence-corrected chi connectivity index (χ4v) is 1.92. The molecule has 1 heterocycles. The number of amides is 1. The molecule has 2 N–H and O–H groups in total. The number of benzene rings is 2. The highest BCUT2D eigenvalue weighted by atomic mass is 19.1. The molecule has 23 heavy (non-hydrogen) atoms. The van der Waals surface area contributed by atoms with Gasteiger partial charge in [-0.2, -0.15) is 5.21 Å². The third-order valence-electron chi connectivity index (χ3n) is 2.95. The predicted octanol–water partition coefficient (Wildman–Crippen LogP) is 2.02. The van der Waals surface area contributed by atoms with Crippen molar-refractivity contribution in [1.29, 1.82) is 0 Å². The second-order valence-electron chi connectivity index (χ2n) is 4.58. The zero-order chi connectivity index (χ0) is 16.1. The minimum Gasteiger partial charge on any atom is -0.481 e. The number of tetrazole rings is 1. The monoisotopic (exact) mass is 313 g/mol. The largest absolute Gasteiger partial charge is 0.481 e. The van der Waals surface area contributed by atoms with E-state index in [0.717, 1.165) is 0 Å². The van der Waals surface area contributed by atoms with Crippen LogP contribution in [0, 0.1) is 5.82 Å². The van der Waals surface area contributed by atoms with E-state index in [1.165, 1.54) is 12.1 Å². The summed E-state index contributed by atoms with van der Waals surface area (Å²) in [6.45, 7) is -0.298. The molecule has 2 aromatic carbocycles. The number of aromatic nitrogens is 4. The summed E-state index contributed by atoms with van der Waals surface area (Å²) in [5.74, 6) is -0.468. The first-order valence-corrected chi connectivity index (χ1v) is 6.73. The number of carbonyl (C=O) groups excluding carboxylic acids is 1. The van der Waals surface area contributed by atoms with Gasteiger partial charge >= 0.3 is 0 Å². The van der Waals surface area contributed by atoms with Crippen LogP contribution in [0.25, 0.3) is 11.4 Å². The number of nitrogens with one attached hydrogen (secondary N) is 2. The van der Waals surface area contributed by atoms with Crippen LogP contribution >= 0.6 is 0 Å². The van der Waals surface area contributed by atoms with Crippen molar-refractivity contribution in [2.75, 3.05) is 11.9 Å². The van der Waals surface area contributed by atoms with Crippen LogP contribution in [0.4, 0.5) is 10.1 Å². The molecule has 0 aliphatic heterocycles. The summed E-state index contributed by atoms with van der Waals surface area (Å²) in [6.07, 6.45) is 0. The Morgan fingerprint density at radius 1 is 1.22 bits per heavy atom. The number of H-pyrrole nitrogens is 1. The van der Waals surface area contributed by atoms with E-state index in [1.54, 1.807) is 36.4 Å². The fraction of sp³-hybridized carbons (Fsp3) is 0.0667. The van der Waals surface area contributed by atoms with Crippen molar-refractivity contribution in [1.82, 2.24) is 20.6 Å². The van der Waals surface area contributed by atoms with Crippen LogP contribution in [0.1, 0.15) is 0 Å². The van der Waals surface area contributed by atoms with E-state index in [0.29, 0.717) is 17.1 Å². The molecular formula is C15H12FN5O2. The predicted molar refractivity (Wildman–Crippen MR) is 80.1 cm³/mol. The first-order chi connectivity index (χ1) is 11.2. The van der Waals surface area contributed by atoms with Crippen molar-refractivity contribution in [3.63, 3.8) is 0 Å². The first kappa shape index (κ1) is 14.6. The lowest BCUT2D eigenvalue weighted by Gasteiger charge is -2.08. The number of hydrogen-bond donors (Lipinski definition) is 2. The third-order valence-corrected chi connectivity index (χ3v) is 2.95. The number of para-hydroxylation sites is 1. The number of ether oxygens (including phenoxy) is 1. The summed E-state index contributed by atoms with van der Waals surface area (Å²) in [5, 5.41) is 16.2. The highest BCUT2D eigenvalue weighted by Gasteiger charge is 2.08. The van der Waals surface area contributed by atoms with Crippen LogP contribution in [-0.4, -0.2) is 33.1 Å². The summed E-state index contributed by atoms with van der Waals surface area (Å²) < 4.78 is 18.5. The molecule has 3 rings (SSSR count). The molecule has 0 saturated heterocycles. The number of aromatic amines is 1. The van der Waals surface area contributed by atoms with E-state index in [9.17, 15) is 9.18 Å². The minimum absolute atomic E-state index is 0.0307. The SMILES string of the molecule is O=C(COc1ccccc1F)Nc1cccc(-c2nn[nH]n2)c1. The lowest BCUT2D eigenvalue weighted by Crippen LogP contribution is -2.20. The van der Waals surface area contributed by atoms with Gasteiger partial charge in [0.1, 0.15) is 0 Å². The van der Waals surface area contributed by atoms with E-state index in [-0.39, 0.29) is 12.4 Å². The molecule has 0 saturated carbocycles. The Bertz CT molecular complexity index is 807. The van der Waals surface area contributed by atoms with Crippen LogP contribution in [0.3, 0.4) is 0 Å². The van der Waals surface area contributed by atoms with Crippen LogP contribution in [0.15, 0.2) is 48.5 Å². The van der Waals surface area contributed by atoms with Gasteiger partial charge in [-0.3, -0.25) is 4.79 Å². The molecule has 8 heteroatoms. The topological polar surface area (TPSA) is 92.8 Å². The van der Waals surface area contributed by atoms with Crippen molar-refractivity contribution >= 4 is 11.6 Å². The Labute approximate surface area is 130 Å². The van der Waals surface area contributed by atoms with Crippen molar-refractivity contribution in [2.24, 2.45) is 0 Å². The van der Waals surface area contributed by atoms with Gasteiger partial charge in [0.15, 0.2) is 18.2 Å². The summed E-state index contributed by atoms with van der Waals surface area (Å²) in [7, 11) is 0. The highest BCUT2D eigenvalue weighted by molar-refractivity contribution is 5.92. The van der Waals surface area contributed by atoms with Crippen molar-refractivity contribution < 1.29 is 13.9 Å². The van der Waals surface area contributed by atoms with E-state index in [2.05, 4.69) is 25.9 Å². The molecule has 3 aromatic rings. The second kappa shape index (κ2) is 6.65. The summed E-state index contributed by atoms with van der Waals surface area (Å²) in [6, 6.07) is 12.9. The molecule has 0 radical (unpaired) electrons. The van der Waals surface area contributed by atoms with Gasteiger partial charge in [-0.1, -0.05) is 24.3 Å². The van der Waals surface area contributed by atoms with E-state index >= 15 is 0 Å². The van der Waals surface area contributed by atoms with Gasteiger partial charge in [-0.25, -0.2) is 4.39 Å². The molecule has 0 atom stereocenters. The Balaban J connectivity index is 1.62. The molecule has 1 aromatic heterocycles. The first-order valence-electron chi connectivity index (χ1n) is 6.73. The lowest BCUT2D eigenvalue weighted by molar-refractivity contribution is -0.118. The van der Waals surface area contributed by atoms with Crippen molar-refractivity contribution in [3.05, 3.63) is 54.3 Å². The summed E-state index contributed by atoms with van der Waals surface area (Å²) >= 11 is 0. The summed E-state index contributed by atoms with van der Waals surface area (Å²) in [5.41, 5.74) is 1.25. The third kappa shape index (κ3) is 3.67. The second-order valence-corrected chi connectivity index (χ2v) is 4.58. The molecule has 116 valence electrons. The highest BCUT2D eigenvalue weighted by Crippen LogP contribution is 2.19. The maximum absolute atomic E-state index is 13.4. The molecule has 0 bridgehead atoms. The van der Waals surface area contributed by atoms with E-state index in [1.807, 2.05) is 0 Å².